The van der Waals surface area contributed by atoms with E-state index < -0.39 is 0 Å². The van der Waals surface area contributed by atoms with Gasteiger partial charge in [0.2, 0.25) is 0 Å². The standard InChI is InChI=1S/C22H17ClFNO2S/c23-17-5-1-4-16(13-17)22-25(11-12-28-22)21(26)15-3-2-6-20(14-15)27-19-9-7-18(24)8-10-19/h1-10,13-14,22H,11-12H2. The highest BCUT2D eigenvalue weighted by atomic mass is 35.5. The van der Waals surface area contributed by atoms with Gasteiger partial charge in [-0.1, -0.05) is 29.8 Å². The van der Waals surface area contributed by atoms with Crippen LogP contribution in [-0.2, 0) is 0 Å². The molecule has 1 unspecified atom stereocenters. The van der Waals surface area contributed by atoms with E-state index >= 15 is 0 Å². The van der Waals surface area contributed by atoms with E-state index in [-0.39, 0.29) is 17.1 Å². The third-order valence-electron chi connectivity index (χ3n) is 4.42. The lowest BCUT2D eigenvalue weighted by Crippen LogP contribution is -2.30. The lowest BCUT2D eigenvalue weighted by atomic mass is 10.1. The Morgan fingerprint density at radius 1 is 1.04 bits per heavy atom. The SMILES string of the molecule is O=C(c1cccc(Oc2ccc(F)cc2)c1)N1CCSC1c1cccc(Cl)c1. The van der Waals surface area contributed by atoms with Crippen LogP contribution >= 0.6 is 23.4 Å². The number of carbonyl (C=O) groups excluding carboxylic acids is 1. The Labute approximate surface area is 172 Å². The van der Waals surface area contributed by atoms with E-state index in [0.717, 1.165) is 11.3 Å². The number of rotatable bonds is 4. The van der Waals surface area contributed by atoms with Crippen molar-refractivity contribution >= 4 is 29.3 Å². The molecule has 142 valence electrons. The Morgan fingerprint density at radius 3 is 2.61 bits per heavy atom. The molecular formula is C22H17ClFNO2S. The second-order valence-electron chi connectivity index (χ2n) is 6.36. The summed E-state index contributed by atoms with van der Waals surface area (Å²) in [6.45, 7) is 0.670. The number of benzene rings is 3. The van der Waals surface area contributed by atoms with E-state index in [1.54, 1.807) is 48.2 Å². The molecule has 1 aliphatic rings. The van der Waals surface area contributed by atoms with Crippen molar-refractivity contribution in [3.63, 3.8) is 0 Å². The zero-order valence-electron chi connectivity index (χ0n) is 14.8. The number of thioether (sulfide) groups is 1. The van der Waals surface area contributed by atoms with Gasteiger partial charge in [0.25, 0.3) is 5.91 Å². The summed E-state index contributed by atoms with van der Waals surface area (Å²) >= 11 is 7.85. The van der Waals surface area contributed by atoms with Gasteiger partial charge in [0.05, 0.1) is 0 Å². The van der Waals surface area contributed by atoms with Gasteiger partial charge in [-0.2, -0.15) is 0 Å². The highest BCUT2D eigenvalue weighted by Gasteiger charge is 2.31. The number of nitrogens with zero attached hydrogens (tertiary/aromatic N) is 1. The van der Waals surface area contributed by atoms with Crippen molar-refractivity contribution in [2.45, 2.75) is 5.37 Å². The van der Waals surface area contributed by atoms with Gasteiger partial charge in [-0.05, 0) is 60.2 Å². The van der Waals surface area contributed by atoms with Crippen LogP contribution in [0.15, 0.2) is 72.8 Å². The molecule has 1 saturated heterocycles. The van der Waals surface area contributed by atoms with Crippen LogP contribution < -0.4 is 4.74 Å². The van der Waals surface area contributed by atoms with Gasteiger partial charge < -0.3 is 9.64 Å². The molecule has 1 fully saturated rings. The normalized spacial score (nSPS) is 16.2. The minimum absolute atomic E-state index is 0.0560. The third-order valence-corrected chi connectivity index (χ3v) is 5.91. The first kappa shape index (κ1) is 18.8. The molecule has 3 aromatic rings. The van der Waals surface area contributed by atoms with E-state index in [1.807, 2.05) is 29.2 Å². The van der Waals surface area contributed by atoms with Crippen LogP contribution in [0.4, 0.5) is 4.39 Å². The van der Waals surface area contributed by atoms with E-state index in [1.165, 1.54) is 12.1 Å². The number of ether oxygens (including phenoxy) is 1. The predicted molar refractivity (Wildman–Crippen MR) is 111 cm³/mol. The van der Waals surface area contributed by atoms with Gasteiger partial charge in [-0.15, -0.1) is 11.8 Å². The second-order valence-corrected chi connectivity index (χ2v) is 7.99. The van der Waals surface area contributed by atoms with Crippen LogP contribution in [-0.4, -0.2) is 23.1 Å². The zero-order chi connectivity index (χ0) is 19.5. The maximum Gasteiger partial charge on any atom is 0.255 e. The lowest BCUT2D eigenvalue weighted by molar-refractivity contribution is 0.0760. The fourth-order valence-electron chi connectivity index (χ4n) is 3.11. The average Bonchev–Trinajstić information content (AvgIpc) is 3.19. The summed E-state index contributed by atoms with van der Waals surface area (Å²) in [6, 6.07) is 20.4. The van der Waals surface area contributed by atoms with Crippen LogP contribution in [0, 0.1) is 5.82 Å². The van der Waals surface area contributed by atoms with Gasteiger partial charge in [0.1, 0.15) is 22.7 Å². The van der Waals surface area contributed by atoms with Crippen molar-refractivity contribution in [3.8, 4) is 11.5 Å². The molecule has 0 radical (unpaired) electrons. The molecule has 4 rings (SSSR count). The van der Waals surface area contributed by atoms with Crippen molar-refractivity contribution < 1.29 is 13.9 Å². The van der Waals surface area contributed by atoms with Gasteiger partial charge in [-0.25, -0.2) is 4.39 Å². The minimum atomic E-state index is -0.324. The van der Waals surface area contributed by atoms with Crippen LogP contribution in [0.2, 0.25) is 5.02 Å². The number of halogens is 2. The molecule has 3 aromatic carbocycles. The van der Waals surface area contributed by atoms with E-state index in [9.17, 15) is 9.18 Å². The molecule has 0 bridgehead atoms. The molecule has 0 aromatic heterocycles. The summed E-state index contributed by atoms with van der Waals surface area (Å²) in [4.78, 5) is 15.0. The number of hydrogen-bond acceptors (Lipinski definition) is 3. The van der Waals surface area contributed by atoms with E-state index in [4.69, 9.17) is 16.3 Å². The Bertz CT molecular complexity index is 996. The molecule has 1 aliphatic heterocycles. The molecule has 3 nitrogen and oxygen atoms in total. The average molecular weight is 414 g/mol. The van der Waals surface area contributed by atoms with Gasteiger partial charge in [0.15, 0.2) is 0 Å². The first-order chi connectivity index (χ1) is 13.6. The van der Waals surface area contributed by atoms with Crippen molar-refractivity contribution in [3.05, 3.63) is 94.8 Å². The van der Waals surface area contributed by atoms with Crippen LogP contribution in [0.25, 0.3) is 0 Å². The minimum Gasteiger partial charge on any atom is -0.457 e. The smallest absolute Gasteiger partial charge is 0.255 e. The largest absolute Gasteiger partial charge is 0.457 e. The molecule has 6 heteroatoms. The molecule has 28 heavy (non-hydrogen) atoms. The van der Waals surface area contributed by atoms with Crippen molar-refractivity contribution in [1.82, 2.24) is 4.90 Å². The first-order valence-electron chi connectivity index (χ1n) is 8.82. The van der Waals surface area contributed by atoms with Crippen molar-refractivity contribution in [1.29, 1.82) is 0 Å². The summed E-state index contributed by atoms with van der Waals surface area (Å²) < 4.78 is 18.8. The van der Waals surface area contributed by atoms with Crippen molar-refractivity contribution in [2.24, 2.45) is 0 Å². The Balaban J connectivity index is 1.55. The summed E-state index contributed by atoms with van der Waals surface area (Å²) in [6.07, 6.45) is 0. The van der Waals surface area contributed by atoms with Crippen molar-refractivity contribution in [2.75, 3.05) is 12.3 Å². The first-order valence-corrected chi connectivity index (χ1v) is 10.2. The number of hydrogen-bond donors (Lipinski definition) is 0. The Hall–Kier alpha value is -2.50. The summed E-state index contributed by atoms with van der Waals surface area (Å²) in [7, 11) is 0. The quantitative estimate of drug-likeness (QED) is 0.513. The molecule has 1 heterocycles. The van der Waals surface area contributed by atoms with Gasteiger partial charge >= 0.3 is 0 Å². The molecule has 0 N–H and O–H groups in total. The third kappa shape index (κ3) is 4.16. The van der Waals surface area contributed by atoms with Crippen LogP contribution in [0.3, 0.4) is 0 Å². The molecule has 0 aliphatic carbocycles. The van der Waals surface area contributed by atoms with E-state index in [2.05, 4.69) is 0 Å². The molecule has 1 atom stereocenters. The van der Waals surface area contributed by atoms with Gasteiger partial charge in [0, 0.05) is 22.9 Å². The molecule has 0 spiro atoms. The summed E-state index contributed by atoms with van der Waals surface area (Å²) in [5, 5.41) is 0.597. The van der Waals surface area contributed by atoms with Crippen LogP contribution in [0.1, 0.15) is 21.3 Å². The molecular weight excluding hydrogens is 397 g/mol. The zero-order valence-corrected chi connectivity index (χ0v) is 16.4. The second kappa shape index (κ2) is 8.25. The maximum absolute atomic E-state index is 13.1. The highest BCUT2D eigenvalue weighted by molar-refractivity contribution is 7.99. The number of carbonyl (C=O) groups is 1. The maximum atomic E-state index is 13.1. The molecule has 0 saturated carbocycles. The lowest BCUT2D eigenvalue weighted by Gasteiger charge is -2.24. The fraction of sp³-hybridized carbons (Fsp3) is 0.136. The monoisotopic (exact) mass is 413 g/mol. The fourth-order valence-corrected chi connectivity index (χ4v) is 4.56. The van der Waals surface area contributed by atoms with E-state index in [0.29, 0.717) is 28.6 Å². The number of amides is 1. The molecule has 1 amide bonds. The summed E-state index contributed by atoms with van der Waals surface area (Å²) in [5.74, 6) is 1.53. The summed E-state index contributed by atoms with van der Waals surface area (Å²) in [5.41, 5.74) is 1.57. The Morgan fingerprint density at radius 2 is 1.82 bits per heavy atom. The Kier molecular flexibility index (Phi) is 5.55. The highest BCUT2D eigenvalue weighted by Crippen LogP contribution is 2.39. The topological polar surface area (TPSA) is 29.5 Å². The van der Waals surface area contributed by atoms with Crippen LogP contribution in [0.5, 0.6) is 11.5 Å². The predicted octanol–water partition coefficient (Wildman–Crippen LogP) is 6.16. The van der Waals surface area contributed by atoms with Gasteiger partial charge in [-0.3, -0.25) is 4.79 Å².